The summed E-state index contributed by atoms with van der Waals surface area (Å²) in [6.07, 6.45) is 0.239. The molecule has 0 aromatic carbocycles. The highest BCUT2D eigenvalue weighted by atomic mass is 16.5. The smallest absolute Gasteiger partial charge is 0.241 e. The van der Waals surface area contributed by atoms with Gasteiger partial charge in [-0.25, -0.2) is 0 Å². The first-order valence-electron chi connectivity index (χ1n) is 5.81. The van der Waals surface area contributed by atoms with Crippen molar-refractivity contribution in [2.45, 2.75) is 31.8 Å². The molecule has 96 valence electrons. The topological polar surface area (TPSA) is 56.6 Å². The Balaban J connectivity index is 2.84. The van der Waals surface area contributed by atoms with E-state index in [1.165, 1.54) is 0 Å². The largest absolute Gasteiger partial charge is 0.383 e. The van der Waals surface area contributed by atoms with Crippen LogP contribution in [0.1, 0.15) is 20.3 Å². The third kappa shape index (κ3) is 2.96. The molecular weight excluding hydrogens is 218 g/mol. The fourth-order valence-electron chi connectivity index (χ4n) is 2.14. The van der Waals surface area contributed by atoms with E-state index in [-0.39, 0.29) is 23.9 Å². The first-order chi connectivity index (χ1) is 7.94. The Morgan fingerprint density at radius 1 is 1.59 bits per heavy atom. The Bertz CT molecular complexity index is 322. The molecule has 1 fully saturated rings. The highest BCUT2D eigenvalue weighted by Gasteiger charge is 2.42. The van der Waals surface area contributed by atoms with Gasteiger partial charge in [0.15, 0.2) is 0 Å². The van der Waals surface area contributed by atoms with Gasteiger partial charge in [-0.2, -0.15) is 5.26 Å². The highest BCUT2D eigenvalue weighted by molar-refractivity contribution is 5.83. The molecule has 5 nitrogen and oxygen atoms in total. The van der Waals surface area contributed by atoms with Crippen molar-refractivity contribution in [1.29, 1.82) is 5.26 Å². The van der Waals surface area contributed by atoms with E-state index >= 15 is 0 Å². The Labute approximate surface area is 103 Å². The summed E-state index contributed by atoms with van der Waals surface area (Å²) >= 11 is 0. The maximum absolute atomic E-state index is 12.2. The molecule has 0 bridgehead atoms. The number of carbonyl (C=O) groups is 1. The first kappa shape index (κ1) is 13.9. The van der Waals surface area contributed by atoms with Crippen LogP contribution >= 0.6 is 0 Å². The van der Waals surface area contributed by atoms with Gasteiger partial charge in [0.1, 0.15) is 6.04 Å². The van der Waals surface area contributed by atoms with Gasteiger partial charge in [0.2, 0.25) is 5.91 Å². The van der Waals surface area contributed by atoms with Crippen LogP contribution in [0.3, 0.4) is 0 Å². The second kappa shape index (κ2) is 5.48. The highest BCUT2D eigenvalue weighted by Crippen LogP contribution is 2.24. The summed E-state index contributed by atoms with van der Waals surface area (Å²) in [5, 5.41) is 8.82. The van der Waals surface area contributed by atoms with Gasteiger partial charge in [0.25, 0.3) is 0 Å². The summed E-state index contributed by atoms with van der Waals surface area (Å²) in [7, 11) is 3.45. The van der Waals surface area contributed by atoms with Gasteiger partial charge in [-0.15, -0.1) is 0 Å². The maximum Gasteiger partial charge on any atom is 0.241 e. The van der Waals surface area contributed by atoms with Crippen LogP contribution in [0, 0.1) is 11.3 Å². The minimum absolute atomic E-state index is 0.0268. The van der Waals surface area contributed by atoms with Crippen molar-refractivity contribution < 1.29 is 9.53 Å². The summed E-state index contributed by atoms with van der Waals surface area (Å²) in [5.41, 5.74) is -0.198. The van der Waals surface area contributed by atoms with Crippen LogP contribution in [-0.4, -0.2) is 61.1 Å². The molecule has 5 heteroatoms. The van der Waals surface area contributed by atoms with E-state index < -0.39 is 0 Å². The lowest BCUT2D eigenvalue weighted by Crippen LogP contribution is -2.65. The van der Waals surface area contributed by atoms with Gasteiger partial charge in [0, 0.05) is 32.8 Å². The average molecular weight is 239 g/mol. The molecule has 0 aliphatic carbocycles. The van der Waals surface area contributed by atoms with Gasteiger partial charge in [0.05, 0.1) is 19.1 Å². The van der Waals surface area contributed by atoms with E-state index in [2.05, 4.69) is 11.0 Å². The van der Waals surface area contributed by atoms with Gasteiger partial charge in [-0.3, -0.25) is 9.69 Å². The van der Waals surface area contributed by atoms with E-state index in [1.54, 1.807) is 19.1 Å². The van der Waals surface area contributed by atoms with Gasteiger partial charge in [-0.1, -0.05) is 0 Å². The summed E-state index contributed by atoms with van der Waals surface area (Å²) in [5.74, 6) is 0.0268. The molecule has 1 unspecified atom stereocenters. The zero-order valence-corrected chi connectivity index (χ0v) is 11.1. The number of methoxy groups -OCH3 is 1. The predicted molar refractivity (Wildman–Crippen MR) is 64.3 cm³/mol. The molecule has 17 heavy (non-hydrogen) atoms. The van der Waals surface area contributed by atoms with Gasteiger partial charge in [-0.05, 0) is 13.8 Å². The number of piperazine rings is 1. The minimum atomic E-state index is -0.326. The number of hydrogen-bond acceptors (Lipinski definition) is 4. The molecule has 1 heterocycles. The molecule has 0 spiro atoms. The monoisotopic (exact) mass is 239 g/mol. The molecule has 1 saturated heterocycles. The Morgan fingerprint density at radius 3 is 2.76 bits per heavy atom. The summed E-state index contributed by atoms with van der Waals surface area (Å²) in [4.78, 5) is 16.0. The average Bonchev–Trinajstić information content (AvgIpc) is 2.28. The third-order valence-electron chi connectivity index (χ3n) is 3.42. The number of ether oxygens (including phenoxy) is 1. The predicted octanol–water partition coefficient (Wildman–Crippen LogP) is 0.468. The van der Waals surface area contributed by atoms with Crippen molar-refractivity contribution >= 4 is 5.91 Å². The van der Waals surface area contributed by atoms with Crippen molar-refractivity contribution in [3.8, 4) is 6.07 Å². The molecule has 1 aliphatic rings. The zero-order chi connectivity index (χ0) is 13.1. The van der Waals surface area contributed by atoms with Crippen molar-refractivity contribution in [2.75, 3.05) is 33.9 Å². The lowest BCUT2D eigenvalue weighted by atomic mass is 9.94. The Kier molecular flexibility index (Phi) is 4.49. The molecule has 1 amide bonds. The summed E-state index contributed by atoms with van der Waals surface area (Å²) in [6, 6.07) is 1.77. The number of rotatable bonds is 4. The molecular formula is C12H21N3O2. The number of hydrogen-bond donors (Lipinski definition) is 0. The molecule has 0 aromatic heterocycles. The Hall–Kier alpha value is -1.12. The van der Waals surface area contributed by atoms with Crippen LogP contribution in [0.25, 0.3) is 0 Å². The molecule has 1 rings (SSSR count). The second-order valence-corrected chi connectivity index (χ2v) is 5.05. The number of nitriles is 1. The van der Waals surface area contributed by atoms with Crippen molar-refractivity contribution in [1.82, 2.24) is 9.80 Å². The van der Waals surface area contributed by atoms with Gasteiger partial charge < -0.3 is 9.64 Å². The third-order valence-corrected chi connectivity index (χ3v) is 3.42. The maximum atomic E-state index is 12.2. The van der Waals surface area contributed by atoms with Crippen LogP contribution < -0.4 is 0 Å². The van der Waals surface area contributed by atoms with Crippen LogP contribution in [0.5, 0.6) is 0 Å². The van der Waals surface area contributed by atoms with Crippen LogP contribution in [0.4, 0.5) is 0 Å². The van der Waals surface area contributed by atoms with Crippen molar-refractivity contribution in [2.24, 2.45) is 0 Å². The molecule has 0 aromatic rings. The van der Waals surface area contributed by atoms with Crippen LogP contribution in [0.15, 0.2) is 0 Å². The molecule has 0 N–H and O–H groups in total. The number of carbonyl (C=O) groups excluding carboxylic acids is 1. The van der Waals surface area contributed by atoms with E-state index in [9.17, 15) is 4.79 Å². The quantitative estimate of drug-likeness (QED) is 0.715. The number of likely N-dealkylation sites (N-methyl/N-ethyl adjacent to an activating group) is 1. The van der Waals surface area contributed by atoms with Crippen molar-refractivity contribution in [3.05, 3.63) is 0 Å². The fourth-order valence-corrected chi connectivity index (χ4v) is 2.14. The second-order valence-electron chi connectivity index (χ2n) is 5.05. The minimum Gasteiger partial charge on any atom is -0.383 e. The standard InChI is InChI=1S/C12H21N3O2/c1-12(2)9-15(7-8-17-4)10(5-6-13)11(16)14(12)3/h10H,5,7-9H2,1-4H3. The molecule has 1 aliphatic heterocycles. The SMILES string of the molecule is COCCN1CC(C)(C)N(C)C(=O)C1CC#N. The molecule has 0 radical (unpaired) electrons. The van der Waals surface area contributed by atoms with Gasteiger partial charge >= 0.3 is 0 Å². The van der Waals surface area contributed by atoms with E-state index in [0.717, 1.165) is 6.54 Å². The van der Waals surface area contributed by atoms with Crippen molar-refractivity contribution in [3.63, 3.8) is 0 Å². The number of amides is 1. The normalized spacial score (nSPS) is 24.8. The van der Waals surface area contributed by atoms with E-state index in [1.807, 2.05) is 13.8 Å². The van der Waals surface area contributed by atoms with Crippen LogP contribution in [-0.2, 0) is 9.53 Å². The Morgan fingerprint density at radius 2 is 2.24 bits per heavy atom. The number of nitrogens with zero attached hydrogens (tertiary/aromatic N) is 3. The summed E-state index contributed by atoms with van der Waals surface area (Å²) < 4.78 is 5.05. The lowest BCUT2D eigenvalue weighted by Gasteiger charge is -2.48. The van der Waals surface area contributed by atoms with Crippen LogP contribution in [0.2, 0.25) is 0 Å². The molecule has 1 atom stereocenters. The molecule has 0 saturated carbocycles. The van der Waals surface area contributed by atoms with E-state index in [0.29, 0.717) is 13.2 Å². The first-order valence-corrected chi connectivity index (χ1v) is 5.81. The van der Waals surface area contributed by atoms with E-state index in [4.69, 9.17) is 10.00 Å². The fraction of sp³-hybridized carbons (Fsp3) is 0.833. The zero-order valence-electron chi connectivity index (χ0n) is 11.1. The summed E-state index contributed by atoms with van der Waals surface area (Å²) in [6.45, 7) is 6.10. The lowest BCUT2D eigenvalue weighted by molar-refractivity contribution is -0.149.